The van der Waals surface area contributed by atoms with Crippen molar-refractivity contribution in [2.24, 2.45) is 11.8 Å². The lowest BCUT2D eigenvalue weighted by molar-refractivity contribution is -0.126. The van der Waals surface area contributed by atoms with Crippen LogP contribution in [-0.2, 0) is 14.9 Å². The van der Waals surface area contributed by atoms with Crippen molar-refractivity contribution in [1.82, 2.24) is 15.5 Å². The van der Waals surface area contributed by atoms with E-state index in [1.165, 1.54) is 12.8 Å². The van der Waals surface area contributed by atoms with Crippen molar-refractivity contribution in [2.45, 2.75) is 43.9 Å². The normalized spacial score (nSPS) is 23.6. The van der Waals surface area contributed by atoms with Crippen LogP contribution in [0.15, 0.2) is 24.3 Å². The smallest absolute Gasteiger partial charge is 0.317 e. The number of ether oxygens (including phenoxy) is 1. The lowest BCUT2D eigenvalue weighted by atomic mass is 9.74. The minimum Gasteiger partial charge on any atom is -0.381 e. The van der Waals surface area contributed by atoms with E-state index in [1.807, 2.05) is 18.2 Å². The maximum Gasteiger partial charge on any atom is 0.317 e. The second kappa shape index (κ2) is 9.56. The maximum absolute atomic E-state index is 13.0. The molecule has 1 aromatic rings. The molecule has 2 N–H and O–H groups in total. The van der Waals surface area contributed by atoms with Crippen LogP contribution < -0.4 is 10.6 Å². The fourth-order valence-corrected chi connectivity index (χ4v) is 4.78. The molecule has 4 rings (SSSR count). The van der Waals surface area contributed by atoms with E-state index in [0.717, 1.165) is 37.8 Å². The summed E-state index contributed by atoms with van der Waals surface area (Å²) in [5.74, 6) is 0.659. The van der Waals surface area contributed by atoms with E-state index in [9.17, 15) is 9.59 Å². The van der Waals surface area contributed by atoms with Crippen molar-refractivity contribution in [2.75, 3.05) is 39.4 Å². The Morgan fingerprint density at radius 3 is 2.70 bits per heavy atom. The molecule has 1 aromatic carbocycles. The van der Waals surface area contributed by atoms with Crippen LogP contribution >= 0.6 is 11.6 Å². The highest BCUT2D eigenvalue weighted by Gasteiger charge is 2.36. The Morgan fingerprint density at radius 2 is 1.97 bits per heavy atom. The van der Waals surface area contributed by atoms with Crippen molar-refractivity contribution in [3.63, 3.8) is 0 Å². The maximum atomic E-state index is 13.0. The zero-order valence-corrected chi connectivity index (χ0v) is 18.3. The van der Waals surface area contributed by atoms with E-state index in [4.69, 9.17) is 16.3 Å². The number of nitrogens with one attached hydrogen (secondary N) is 2. The van der Waals surface area contributed by atoms with Crippen LogP contribution in [0.2, 0.25) is 5.02 Å². The van der Waals surface area contributed by atoms with Crippen LogP contribution in [0.1, 0.15) is 44.1 Å². The van der Waals surface area contributed by atoms with Gasteiger partial charge >= 0.3 is 6.03 Å². The SMILES string of the molecule is O=C(NCC1CC1)C1CCCN(C(=O)NCC2(c3cccc(Cl)c3)CCOCC2)C1. The highest BCUT2D eigenvalue weighted by molar-refractivity contribution is 6.30. The minimum absolute atomic E-state index is 0.0809. The van der Waals surface area contributed by atoms with Gasteiger partial charge in [-0.15, -0.1) is 0 Å². The van der Waals surface area contributed by atoms with E-state index in [-0.39, 0.29) is 23.3 Å². The molecule has 3 fully saturated rings. The van der Waals surface area contributed by atoms with Crippen LogP contribution in [0.3, 0.4) is 0 Å². The second-order valence-electron chi connectivity index (χ2n) is 9.04. The quantitative estimate of drug-likeness (QED) is 0.722. The number of urea groups is 1. The number of carbonyl (C=O) groups excluding carboxylic acids is 2. The van der Waals surface area contributed by atoms with Crippen molar-refractivity contribution in [3.8, 4) is 0 Å². The Labute approximate surface area is 183 Å². The summed E-state index contributed by atoms with van der Waals surface area (Å²) in [6.07, 6.45) is 5.85. The zero-order valence-electron chi connectivity index (χ0n) is 17.5. The van der Waals surface area contributed by atoms with E-state index in [2.05, 4.69) is 16.7 Å². The van der Waals surface area contributed by atoms with Gasteiger partial charge in [0, 0.05) is 49.8 Å². The average molecular weight is 434 g/mol. The predicted octanol–water partition coefficient (Wildman–Crippen LogP) is 3.34. The fraction of sp³-hybridized carbons (Fsp3) is 0.652. The van der Waals surface area contributed by atoms with Gasteiger partial charge in [-0.1, -0.05) is 23.7 Å². The first-order chi connectivity index (χ1) is 14.6. The molecule has 6 nitrogen and oxygen atoms in total. The Balaban J connectivity index is 1.35. The van der Waals surface area contributed by atoms with Gasteiger partial charge < -0.3 is 20.3 Å². The molecular weight excluding hydrogens is 402 g/mol. The van der Waals surface area contributed by atoms with Crippen molar-refractivity contribution < 1.29 is 14.3 Å². The predicted molar refractivity (Wildman–Crippen MR) is 117 cm³/mol. The summed E-state index contributed by atoms with van der Waals surface area (Å²) >= 11 is 6.24. The van der Waals surface area contributed by atoms with Gasteiger partial charge in [0.1, 0.15) is 0 Å². The van der Waals surface area contributed by atoms with Crippen LogP contribution in [-0.4, -0.2) is 56.2 Å². The fourth-order valence-electron chi connectivity index (χ4n) is 4.59. The zero-order chi connectivity index (χ0) is 21.0. The second-order valence-corrected chi connectivity index (χ2v) is 9.47. The molecule has 0 spiro atoms. The molecule has 2 saturated heterocycles. The first-order valence-electron chi connectivity index (χ1n) is 11.2. The van der Waals surface area contributed by atoms with Crippen molar-refractivity contribution in [1.29, 1.82) is 0 Å². The molecule has 164 valence electrons. The first kappa shape index (κ1) is 21.4. The number of hydrogen-bond acceptors (Lipinski definition) is 3. The highest BCUT2D eigenvalue weighted by Crippen LogP contribution is 2.35. The van der Waals surface area contributed by atoms with E-state index in [0.29, 0.717) is 43.8 Å². The number of likely N-dealkylation sites (tertiary alicyclic amines) is 1. The van der Waals surface area contributed by atoms with Gasteiger partial charge in [-0.2, -0.15) is 0 Å². The Bertz CT molecular complexity index is 762. The molecule has 2 heterocycles. The Kier molecular flexibility index (Phi) is 6.84. The van der Waals surface area contributed by atoms with Gasteiger partial charge in [-0.05, 0) is 62.1 Å². The van der Waals surface area contributed by atoms with Crippen LogP contribution in [0.5, 0.6) is 0 Å². The summed E-state index contributed by atoms with van der Waals surface area (Å²) in [7, 11) is 0. The molecule has 2 aliphatic heterocycles. The number of piperidine rings is 1. The molecule has 3 amide bonds. The lowest BCUT2D eigenvalue weighted by Gasteiger charge is -2.39. The summed E-state index contributed by atoms with van der Waals surface area (Å²) in [5, 5.41) is 6.93. The number of carbonyl (C=O) groups is 2. The number of nitrogens with zero attached hydrogens (tertiary/aromatic N) is 1. The van der Waals surface area contributed by atoms with E-state index in [1.54, 1.807) is 4.90 Å². The minimum atomic E-state index is -0.171. The Morgan fingerprint density at radius 1 is 1.17 bits per heavy atom. The molecule has 1 unspecified atom stereocenters. The van der Waals surface area contributed by atoms with Crippen molar-refractivity contribution >= 4 is 23.5 Å². The van der Waals surface area contributed by atoms with Gasteiger partial charge in [-0.25, -0.2) is 4.79 Å². The molecule has 0 bridgehead atoms. The van der Waals surface area contributed by atoms with Gasteiger partial charge in [0.05, 0.1) is 5.92 Å². The summed E-state index contributed by atoms with van der Waals surface area (Å²) in [4.78, 5) is 27.2. The summed E-state index contributed by atoms with van der Waals surface area (Å²) in [5.41, 5.74) is 0.977. The Hall–Kier alpha value is -1.79. The monoisotopic (exact) mass is 433 g/mol. The molecule has 30 heavy (non-hydrogen) atoms. The van der Waals surface area contributed by atoms with E-state index < -0.39 is 0 Å². The number of benzene rings is 1. The number of hydrogen-bond donors (Lipinski definition) is 2. The molecule has 7 heteroatoms. The lowest BCUT2D eigenvalue weighted by Crippen LogP contribution is -2.52. The molecular formula is C23H32ClN3O3. The largest absolute Gasteiger partial charge is 0.381 e. The molecule has 3 aliphatic rings. The molecule has 0 aromatic heterocycles. The third-order valence-electron chi connectivity index (χ3n) is 6.81. The summed E-state index contributed by atoms with van der Waals surface area (Å²) in [6.45, 7) is 3.88. The van der Waals surface area contributed by atoms with Gasteiger partial charge in [0.15, 0.2) is 0 Å². The van der Waals surface area contributed by atoms with Gasteiger partial charge in [-0.3, -0.25) is 4.79 Å². The van der Waals surface area contributed by atoms with E-state index >= 15 is 0 Å². The summed E-state index contributed by atoms with van der Waals surface area (Å²) < 4.78 is 5.58. The topological polar surface area (TPSA) is 70.7 Å². The number of rotatable bonds is 6. The third kappa shape index (κ3) is 5.27. The van der Waals surface area contributed by atoms with Crippen LogP contribution in [0.4, 0.5) is 4.79 Å². The van der Waals surface area contributed by atoms with Crippen molar-refractivity contribution in [3.05, 3.63) is 34.9 Å². The molecule has 1 aliphatic carbocycles. The van der Waals surface area contributed by atoms with Gasteiger partial charge in [0.2, 0.25) is 5.91 Å². The highest BCUT2D eigenvalue weighted by atomic mass is 35.5. The van der Waals surface area contributed by atoms with Crippen LogP contribution in [0, 0.1) is 11.8 Å². The first-order valence-corrected chi connectivity index (χ1v) is 11.6. The molecule has 0 radical (unpaired) electrons. The standard InChI is InChI=1S/C23H32ClN3O3/c24-20-5-1-4-19(13-20)23(8-11-30-12-9-23)16-26-22(29)27-10-2-3-18(15-27)21(28)25-14-17-6-7-17/h1,4-5,13,17-18H,2-3,6-12,14-16H2,(H,25,28)(H,26,29). The molecule has 1 atom stereocenters. The number of halogens is 1. The third-order valence-corrected chi connectivity index (χ3v) is 7.04. The summed E-state index contributed by atoms with van der Waals surface area (Å²) in [6, 6.07) is 7.85. The molecule has 1 saturated carbocycles. The average Bonchev–Trinajstić information content (AvgIpc) is 3.61. The number of amides is 3. The van der Waals surface area contributed by atoms with Crippen LogP contribution in [0.25, 0.3) is 0 Å². The van der Waals surface area contributed by atoms with Gasteiger partial charge in [0.25, 0.3) is 0 Å².